The molecule has 90 valence electrons. The van der Waals surface area contributed by atoms with Crippen LogP contribution in [0.3, 0.4) is 0 Å². The molecule has 1 atom stereocenters. The molecule has 0 aliphatic carbocycles. The van der Waals surface area contributed by atoms with Crippen molar-refractivity contribution >= 4 is 17.3 Å². The van der Waals surface area contributed by atoms with Crippen molar-refractivity contribution in [3.8, 4) is 0 Å². The van der Waals surface area contributed by atoms with Gasteiger partial charge in [0.1, 0.15) is 5.60 Å². The Kier molecular flexibility index (Phi) is 6.41. The van der Waals surface area contributed by atoms with Crippen LogP contribution in [-0.4, -0.2) is 29.1 Å². The van der Waals surface area contributed by atoms with E-state index in [0.29, 0.717) is 0 Å². The van der Waals surface area contributed by atoms with Gasteiger partial charge in [-0.15, -0.1) is 0 Å². The first-order chi connectivity index (χ1) is 6.85. The maximum atomic E-state index is 11.1. The first kappa shape index (κ1) is 14.3. The Morgan fingerprint density at radius 3 is 2.53 bits per heavy atom. The SMILES string of the molecule is CC(C)(C)OC(=O)NS(=O)NCCON. The van der Waals surface area contributed by atoms with E-state index in [9.17, 15) is 9.00 Å². The van der Waals surface area contributed by atoms with Crippen molar-refractivity contribution in [1.82, 2.24) is 9.44 Å². The van der Waals surface area contributed by atoms with Gasteiger partial charge >= 0.3 is 6.09 Å². The third-order valence-electron chi connectivity index (χ3n) is 1.03. The predicted molar refractivity (Wildman–Crippen MR) is 55.7 cm³/mol. The van der Waals surface area contributed by atoms with E-state index in [4.69, 9.17) is 10.6 Å². The summed E-state index contributed by atoms with van der Waals surface area (Å²) in [7, 11) is 0. The first-order valence-electron chi connectivity index (χ1n) is 4.32. The molecule has 0 aliphatic heterocycles. The Morgan fingerprint density at radius 2 is 2.07 bits per heavy atom. The third-order valence-corrected chi connectivity index (χ3v) is 1.85. The quantitative estimate of drug-likeness (QED) is 0.446. The molecule has 0 saturated heterocycles. The summed E-state index contributed by atoms with van der Waals surface area (Å²) in [6.07, 6.45) is -0.748. The summed E-state index contributed by atoms with van der Waals surface area (Å²) < 4.78 is 20.5. The Balaban J connectivity index is 3.72. The number of hydrogen-bond donors (Lipinski definition) is 3. The van der Waals surface area contributed by atoms with Crippen molar-refractivity contribution in [3.63, 3.8) is 0 Å². The van der Waals surface area contributed by atoms with E-state index in [0.717, 1.165) is 0 Å². The highest BCUT2D eigenvalue weighted by molar-refractivity contribution is 7.81. The number of amides is 1. The smallest absolute Gasteiger partial charge is 0.420 e. The fourth-order valence-corrected chi connectivity index (χ4v) is 1.14. The number of nitrogens with two attached hydrogens (primary N) is 1. The van der Waals surface area contributed by atoms with Gasteiger partial charge in [0.15, 0.2) is 11.2 Å². The van der Waals surface area contributed by atoms with Gasteiger partial charge in [0.05, 0.1) is 6.61 Å². The predicted octanol–water partition coefficient (Wildman–Crippen LogP) is -0.430. The number of carbonyl (C=O) groups excluding carboxylic acids is 1. The molecule has 0 aromatic rings. The van der Waals surface area contributed by atoms with E-state index in [1.807, 2.05) is 0 Å². The van der Waals surface area contributed by atoms with Gasteiger partial charge in [-0.3, -0.25) is 0 Å². The number of ether oxygens (including phenoxy) is 1. The van der Waals surface area contributed by atoms with Gasteiger partial charge in [-0.1, -0.05) is 0 Å². The molecule has 0 bridgehead atoms. The summed E-state index contributed by atoms with van der Waals surface area (Å²) in [4.78, 5) is 15.3. The van der Waals surface area contributed by atoms with E-state index in [2.05, 4.69) is 14.3 Å². The molecule has 0 spiro atoms. The second-order valence-corrected chi connectivity index (χ2v) is 4.67. The van der Waals surface area contributed by atoms with E-state index >= 15 is 0 Å². The van der Waals surface area contributed by atoms with Gasteiger partial charge in [-0.25, -0.2) is 24.3 Å². The van der Waals surface area contributed by atoms with Gasteiger partial charge in [0.25, 0.3) is 0 Å². The molecule has 0 aromatic carbocycles. The Hall–Kier alpha value is -0.700. The lowest BCUT2D eigenvalue weighted by Gasteiger charge is -2.19. The van der Waals surface area contributed by atoms with Crippen LogP contribution in [0.1, 0.15) is 20.8 Å². The van der Waals surface area contributed by atoms with Gasteiger partial charge in [0.2, 0.25) is 0 Å². The first-order valence-corrected chi connectivity index (χ1v) is 5.47. The van der Waals surface area contributed by atoms with Crippen molar-refractivity contribution in [3.05, 3.63) is 0 Å². The van der Waals surface area contributed by atoms with Crippen molar-refractivity contribution in [2.75, 3.05) is 13.2 Å². The lowest BCUT2D eigenvalue weighted by Crippen LogP contribution is -2.39. The average Bonchev–Trinajstić information content (AvgIpc) is 2.00. The third kappa shape index (κ3) is 9.60. The van der Waals surface area contributed by atoms with Crippen LogP contribution in [-0.2, 0) is 20.7 Å². The molecule has 7 nitrogen and oxygen atoms in total. The fraction of sp³-hybridized carbons (Fsp3) is 0.857. The molecule has 0 fully saturated rings. The van der Waals surface area contributed by atoms with Crippen LogP contribution in [0.4, 0.5) is 4.79 Å². The zero-order valence-corrected chi connectivity index (χ0v) is 9.85. The van der Waals surface area contributed by atoms with E-state index in [1.165, 1.54) is 0 Å². The monoisotopic (exact) mass is 239 g/mol. The van der Waals surface area contributed by atoms with Gasteiger partial charge in [0, 0.05) is 6.54 Å². The lowest BCUT2D eigenvalue weighted by atomic mass is 10.2. The zero-order chi connectivity index (χ0) is 11.9. The fourth-order valence-electron chi connectivity index (χ4n) is 0.604. The van der Waals surface area contributed by atoms with Gasteiger partial charge in [-0.05, 0) is 20.8 Å². The Labute approximate surface area is 91.4 Å². The highest BCUT2D eigenvalue weighted by Crippen LogP contribution is 2.06. The number of nitrogens with one attached hydrogen (secondary N) is 2. The zero-order valence-electron chi connectivity index (χ0n) is 9.03. The molecule has 0 radical (unpaired) electrons. The molecule has 8 heteroatoms. The van der Waals surface area contributed by atoms with Crippen LogP contribution < -0.4 is 15.3 Å². The second kappa shape index (κ2) is 6.72. The molecule has 0 rings (SSSR count). The van der Waals surface area contributed by atoms with Crippen molar-refractivity contribution in [2.45, 2.75) is 26.4 Å². The summed E-state index contributed by atoms with van der Waals surface area (Å²) in [6.45, 7) is 5.60. The van der Waals surface area contributed by atoms with Crippen LogP contribution in [0.25, 0.3) is 0 Å². The molecule has 1 amide bonds. The van der Waals surface area contributed by atoms with E-state index in [-0.39, 0.29) is 13.2 Å². The molecule has 0 aliphatic rings. The minimum Gasteiger partial charge on any atom is -0.443 e. The molecule has 4 N–H and O–H groups in total. The lowest BCUT2D eigenvalue weighted by molar-refractivity contribution is 0.0571. The molecule has 0 aromatic heterocycles. The standard InChI is InChI=1S/C7H17N3O4S/c1-7(2,3)14-6(11)10-15(12)9-4-5-13-8/h9H,4-5,8H2,1-3H3,(H,10,11). The summed E-state index contributed by atoms with van der Waals surface area (Å²) in [5.74, 6) is 4.75. The minimum atomic E-state index is -1.70. The van der Waals surface area contributed by atoms with Crippen molar-refractivity contribution in [2.24, 2.45) is 5.90 Å². The molecular formula is C7H17N3O4S. The van der Waals surface area contributed by atoms with Crippen LogP contribution in [0, 0.1) is 0 Å². The van der Waals surface area contributed by atoms with Crippen molar-refractivity contribution in [1.29, 1.82) is 0 Å². The number of hydrogen-bond acceptors (Lipinski definition) is 5. The highest BCUT2D eigenvalue weighted by atomic mass is 32.2. The summed E-state index contributed by atoms with van der Waals surface area (Å²) in [5.41, 5.74) is -0.616. The molecular weight excluding hydrogens is 222 g/mol. The van der Waals surface area contributed by atoms with Crippen LogP contribution in [0.5, 0.6) is 0 Å². The largest absolute Gasteiger partial charge is 0.443 e. The number of carbonyl (C=O) groups is 1. The summed E-state index contributed by atoms with van der Waals surface area (Å²) in [5, 5.41) is 0. The molecule has 0 heterocycles. The molecule has 15 heavy (non-hydrogen) atoms. The van der Waals surface area contributed by atoms with E-state index < -0.39 is 22.9 Å². The minimum absolute atomic E-state index is 0.196. The summed E-state index contributed by atoms with van der Waals surface area (Å²) >= 11 is -1.70. The molecule has 0 saturated carbocycles. The van der Waals surface area contributed by atoms with Crippen LogP contribution >= 0.6 is 0 Å². The maximum absolute atomic E-state index is 11.1. The summed E-state index contributed by atoms with van der Waals surface area (Å²) in [6, 6.07) is 0. The van der Waals surface area contributed by atoms with Crippen LogP contribution in [0.2, 0.25) is 0 Å². The Bertz CT molecular complexity index is 229. The highest BCUT2D eigenvalue weighted by Gasteiger charge is 2.17. The molecule has 1 unspecified atom stereocenters. The second-order valence-electron chi connectivity index (χ2n) is 3.64. The number of rotatable bonds is 5. The topological polar surface area (TPSA) is 103 Å². The van der Waals surface area contributed by atoms with Crippen LogP contribution in [0.15, 0.2) is 0 Å². The normalized spacial score (nSPS) is 13.3. The maximum Gasteiger partial charge on any atom is 0.420 e. The average molecular weight is 239 g/mol. The van der Waals surface area contributed by atoms with Gasteiger partial charge < -0.3 is 9.57 Å². The Morgan fingerprint density at radius 1 is 1.47 bits per heavy atom. The van der Waals surface area contributed by atoms with E-state index in [1.54, 1.807) is 20.8 Å². The van der Waals surface area contributed by atoms with Crippen molar-refractivity contribution < 1.29 is 18.6 Å². The van der Waals surface area contributed by atoms with Gasteiger partial charge in [-0.2, -0.15) is 0 Å².